The number of nitrogens with zero attached hydrogens (tertiary/aromatic N) is 1. The standard InChI is InChI=1S/C21H25N3O4/c1-12(2)24-18-11-16(22)17(10-15(18)21(3,4)28-20(24)26)23-19(25)13-6-8-14(27-5)9-7-13/h6-12H,22H2,1-5H3,(H,23,25). The number of cyclic esters (lactones) is 1. The molecule has 0 bridgehead atoms. The number of hydrogen-bond donors (Lipinski definition) is 2. The highest BCUT2D eigenvalue weighted by Crippen LogP contribution is 2.43. The van der Waals surface area contributed by atoms with Gasteiger partial charge in [-0.15, -0.1) is 0 Å². The number of fused-ring (bicyclic) bond motifs is 1. The van der Waals surface area contributed by atoms with Crippen LogP contribution in [0.15, 0.2) is 36.4 Å². The Balaban J connectivity index is 1.97. The van der Waals surface area contributed by atoms with E-state index in [1.165, 1.54) is 0 Å². The molecule has 1 aliphatic rings. The van der Waals surface area contributed by atoms with E-state index in [2.05, 4.69) is 5.32 Å². The van der Waals surface area contributed by atoms with E-state index in [4.69, 9.17) is 15.2 Å². The van der Waals surface area contributed by atoms with Crippen LogP contribution in [-0.2, 0) is 10.3 Å². The lowest BCUT2D eigenvalue weighted by Crippen LogP contribution is -2.46. The SMILES string of the molecule is COc1ccc(C(=O)Nc2cc3c(cc2N)N(C(C)C)C(=O)OC3(C)C)cc1. The number of benzene rings is 2. The molecule has 148 valence electrons. The fraction of sp³-hybridized carbons (Fsp3) is 0.333. The second kappa shape index (κ2) is 7.07. The summed E-state index contributed by atoms with van der Waals surface area (Å²) in [5.41, 5.74) is 8.14. The van der Waals surface area contributed by atoms with Gasteiger partial charge < -0.3 is 20.5 Å². The molecular weight excluding hydrogens is 358 g/mol. The zero-order valence-electron chi connectivity index (χ0n) is 16.7. The van der Waals surface area contributed by atoms with E-state index in [1.54, 1.807) is 48.4 Å². The molecule has 7 nitrogen and oxygen atoms in total. The first-order valence-corrected chi connectivity index (χ1v) is 9.05. The molecule has 2 aromatic carbocycles. The number of nitrogens with one attached hydrogen (secondary N) is 1. The number of carbonyl (C=O) groups is 2. The molecule has 0 aromatic heterocycles. The first-order valence-electron chi connectivity index (χ1n) is 9.05. The molecule has 0 fully saturated rings. The van der Waals surface area contributed by atoms with Crippen LogP contribution in [0.5, 0.6) is 5.75 Å². The summed E-state index contributed by atoms with van der Waals surface area (Å²) in [5.74, 6) is 0.378. The largest absolute Gasteiger partial charge is 0.497 e. The van der Waals surface area contributed by atoms with Gasteiger partial charge in [0.1, 0.15) is 11.4 Å². The smallest absolute Gasteiger partial charge is 0.415 e. The van der Waals surface area contributed by atoms with E-state index in [9.17, 15) is 9.59 Å². The summed E-state index contributed by atoms with van der Waals surface area (Å²) in [4.78, 5) is 26.6. The topological polar surface area (TPSA) is 93.9 Å². The minimum absolute atomic E-state index is 0.0958. The van der Waals surface area contributed by atoms with Gasteiger partial charge in [0.15, 0.2) is 0 Å². The zero-order chi connectivity index (χ0) is 20.6. The molecule has 0 aliphatic carbocycles. The first kappa shape index (κ1) is 19.5. The molecule has 2 amide bonds. The fourth-order valence-electron chi connectivity index (χ4n) is 3.24. The Bertz CT molecular complexity index is 920. The van der Waals surface area contributed by atoms with E-state index < -0.39 is 11.7 Å². The van der Waals surface area contributed by atoms with E-state index >= 15 is 0 Å². The number of amides is 2. The van der Waals surface area contributed by atoms with Crippen molar-refractivity contribution in [3.05, 3.63) is 47.5 Å². The van der Waals surface area contributed by atoms with Gasteiger partial charge in [0.05, 0.1) is 24.2 Å². The lowest BCUT2D eigenvalue weighted by atomic mass is 9.92. The van der Waals surface area contributed by atoms with Crippen LogP contribution in [0, 0.1) is 0 Å². The maximum absolute atomic E-state index is 12.6. The number of rotatable bonds is 4. The average molecular weight is 383 g/mol. The second-order valence-electron chi connectivity index (χ2n) is 7.48. The monoisotopic (exact) mass is 383 g/mol. The highest BCUT2D eigenvalue weighted by Gasteiger charge is 2.40. The Morgan fingerprint density at radius 2 is 1.86 bits per heavy atom. The van der Waals surface area contributed by atoms with Crippen LogP contribution >= 0.6 is 0 Å². The van der Waals surface area contributed by atoms with Crippen molar-refractivity contribution in [1.82, 2.24) is 0 Å². The molecule has 0 unspecified atom stereocenters. The molecule has 7 heteroatoms. The minimum atomic E-state index is -0.842. The summed E-state index contributed by atoms with van der Waals surface area (Å²) < 4.78 is 10.7. The number of methoxy groups -OCH3 is 1. The summed E-state index contributed by atoms with van der Waals surface area (Å²) in [6.45, 7) is 7.43. The third-order valence-electron chi connectivity index (χ3n) is 4.73. The maximum atomic E-state index is 12.6. The lowest BCUT2D eigenvalue weighted by Gasteiger charge is -2.40. The molecule has 0 saturated carbocycles. The van der Waals surface area contributed by atoms with Crippen LogP contribution in [0.25, 0.3) is 0 Å². The first-order chi connectivity index (χ1) is 13.1. The van der Waals surface area contributed by atoms with Crippen molar-refractivity contribution in [3.63, 3.8) is 0 Å². The van der Waals surface area contributed by atoms with Crippen molar-refractivity contribution in [2.24, 2.45) is 0 Å². The van der Waals surface area contributed by atoms with Crippen LogP contribution in [-0.4, -0.2) is 25.2 Å². The average Bonchev–Trinajstić information content (AvgIpc) is 2.62. The number of nitrogen functional groups attached to an aromatic ring is 1. The molecule has 0 saturated heterocycles. The molecule has 1 aliphatic heterocycles. The van der Waals surface area contributed by atoms with E-state index in [0.29, 0.717) is 28.4 Å². The van der Waals surface area contributed by atoms with Gasteiger partial charge in [-0.05, 0) is 64.1 Å². The van der Waals surface area contributed by atoms with E-state index in [-0.39, 0.29) is 11.9 Å². The van der Waals surface area contributed by atoms with E-state index in [0.717, 1.165) is 5.56 Å². The number of carbonyl (C=O) groups excluding carboxylic acids is 2. The zero-order valence-corrected chi connectivity index (χ0v) is 16.7. The summed E-state index contributed by atoms with van der Waals surface area (Å²) >= 11 is 0. The Morgan fingerprint density at radius 3 is 2.43 bits per heavy atom. The van der Waals surface area contributed by atoms with Crippen molar-refractivity contribution in [3.8, 4) is 5.75 Å². The summed E-state index contributed by atoms with van der Waals surface area (Å²) in [7, 11) is 1.57. The van der Waals surface area contributed by atoms with Crippen molar-refractivity contribution >= 4 is 29.1 Å². The van der Waals surface area contributed by atoms with Gasteiger partial charge in [0.2, 0.25) is 0 Å². The molecule has 3 N–H and O–H groups in total. The predicted octanol–water partition coefficient (Wildman–Crippen LogP) is 4.13. The van der Waals surface area contributed by atoms with Crippen molar-refractivity contribution < 1.29 is 19.1 Å². The highest BCUT2D eigenvalue weighted by atomic mass is 16.6. The summed E-state index contributed by atoms with van der Waals surface area (Å²) in [5, 5.41) is 2.84. The van der Waals surface area contributed by atoms with Crippen LogP contribution in [0.2, 0.25) is 0 Å². The van der Waals surface area contributed by atoms with Crippen molar-refractivity contribution in [2.45, 2.75) is 39.3 Å². The van der Waals surface area contributed by atoms with Crippen LogP contribution in [0.4, 0.5) is 21.9 Å². The van der Waals surface area contributed by atoms with Crippen LogP contribution in [0.3, 0.4) is 0 Å². The van der Waals surface area contributed by atoms with Crippen molar-refractivity contribution in [2.75, 3.05) is 23.1 Å². The minimum Gasteiger partial charge on any atom is -0.497 e. The lowest BCUT2D eigenvalue weighted by molar-refractivity contribution is 0.0339. The second-order valence-corrected chi connectivity index (χ2v) is 7.48. The molecule has 28 heavy (non-hydrogen) atoms. The Hall–Kier alpha value is -3.22. The van der Waals surface area contributed by atoms with Crippen LogP contribution in [0.1, 0.15) is 43.6 Å². The highest BCUT2D eigenvalue weighted by molar-refractivity contribution is 6.06. The van der Waals surface area contributed by atoms with Gasteiger partial charge in [-0.1, -0.05) is 0 Å². The number of anilines is 3. The third-order valence-corrected chi connectivity index (χ3v) is 4.73. The molecule has 0 radical (unpaired) electrons. The van der Waals surface area contributed by atoms with Gasteiger partial charge in [0, 0.05) is 17.2 Å². The molecular formula is C21H25N3O4. The molecule has 3 rings (SSSR count). The molecule has 2 aromatic rings. The quantitative estimate of drug-likeness (QED) is 0.774. The molecule has 0 spiro atoms. The predicted molar refractivity (Wildman–Crippen MR) is 109 cm³/mol. The summed E-state index contributed by atoms with van der Waals surface area (Å²) in [6, 6.07) is 10.2. The van der Waals surface area contributed by atoms with Gasteiger partial charge in [-0.25, -0.2) is 4.79 Å². The third kappa shape index (κ3) is 3.47. The molecule has 1 heterocycles. The Kier molecular flexibility index (Phi) is 4.93. The number of hydrogen-bond acceptors (Lipinski definition) is 5. The fourth-order valence-corrected chi connectivity index (χ4v) is 3.24. The number of ether oxygens (including phenoxy) is 2. The number of nitrogens with two attached hydrogens (primary N) is 1. The van der Waals surface area contributed by atoms with Gasteiger partial charge >= 0.3 is 6.09 Å². The Morgan fingerprint density at radius 1 is 1.21 bits per heavy atom. The van der Waals surface area contributed by atoms with Gasteiger partial charge in [0.25, 0.3) is 5.91 Å². The van der Waals surface area contributed by atoms with Crippen molar-refractivity contribution in [1.29, 1.82) is 0 Å². The Labute approximate surface area is 164 Å². The van der Waals surface area contributed by atoms with Gasteiger partial charge in [-0.2, -0.15) is 0 Å². The normalized spacial score (nSPS) is 15.1. The maximum Gasteiger partial charge on any atom is 0.415 e. The molecule has 0 atom stereocenters. The van der Waals surface area contributed by atoms with Gasteiger partial charge in [-0.3, -0.25) is 9.69 Å². The van der Waals surface area contributed by atoms with Crippen LogP contribution < -0.4 is 20.7 Å². The van der Waals surface area contributed by atoms with E-state index in [1.807, 2.05) is 27.7 Å². The summed E-state index contributed by atoms with van der Waals surface area (Å²) in [6.07, 6.45) is -0.415.